The second kappa shape index (κ2) is 3.88. The zero-order valence-electron chi connectivity index (χ0n) is 10.1. The molecule has 0 aliphatic heterocycles. The van der Waals surface area contributed by atoms with E-state index in [1.165, 1.54) is 5.57 Å². The van der Waals surface area contributed by atoms with E-state index in [2.05, 4.69) is 34.6 Å². The smallest absolute Gasteiger partial charge is 0.158 e. The third kappa shape index (κ3) is 2.46. The van der Waals surface area contributed by atoms with Gasteiger partial charge in [0.2, 0.25) is 0 Å². The average Bonchev–Trinajstić information content (AvgIpc) is 2.02. The maximum Gasteiger partial charge on any atom is 0.158 e. The number of carbonyl (C=O) groups excluding carboxylic acids is 1. The minimum Gasteiger partial charge on any atom is -0.295 e. The fraction of sp³-hybridized carbons (Fsp3) is 0.769. The molecule has 1 atom stereocenters. The van der Waals surface area contributed by atoms with Crippen LogP contribution in [0.15, 0.2) is 11.1 Å². The van der Waals surface area contributed by atoms with Gasteiger partial charge >= 0.3 is 0 Å². The lowest BCUT2D eigenvalue weighted by molar-refractivity contribution is -0.117. The summed E-state index contributed by atoms with van der Waals surface area (Å²) in [4.78, 5) is 11.7. The summed E-state index contributed by atoms with van der Waals surface area (Å²) in [6.07, 6.45) is 2.81. The number of carbonyl (C=O) groups is 1. The van der Waals surface area contributed by atoms with E-state index < -0.39 is 0 Å². The van der Waals surface area contributed by atoms with E-state index in [1.807, 2.05) is 0 Å². The maximum absolute atomic E-state index is 11.7. The Morgan fingerprint density at radius 2 is 1.86 bits per heavy atom. The third-order valence-electron chi connectivity index (χ3n) is 3.34. The van der Waals surface area contributed by atoms with E-state index in [9.17, 15) is 4.79 Å². The molecule has 80 valence electrons. The number of allylic oxidation sites excluding steroid dienone is 2. The number of hydrogen-bond donors (Lipinski definition) is 0. The molecular formula is C13H22O. The summed E-state index contributed by atoms with van der Waals surface area (Å²) < 4.78 is 0. The van der Waals surface area contributed by atoms with E-state index in [0.29, 0.717) is 17.1 Å². The van der Waals surface area contributed by atoms with Crippen LogP contribution in [-0.4, -0.2) is 5.78 Å². The Balaban J connectivity index is 2.83. The molecule has 0 aromatic carbocycles. The molecule has 14 heavy (non-hydrogen) atoms. The van der Waals surface area contributed by atoms with Crippen LogP contribution in [0.1, 0.15) is 53.9 Å². The fourth-order valence-corrected chi connectivity index (χ4v) is 2.14. The zero-order chi connectivity index (χ0) is 10.9. The Bertz CT molecular complexity index is 261. The van der Waals surface area contributed by atoms with Gasteiger partial charge in [0.15, 0.2) is 5.78 Å². The van der Waals surface area contributed by atoms with Gasteiger partial charge in [-0.2, -0.15) is 0 Å². The molecule has 1 saturated carbocycles. The quantitative estimate of drug-likeness (QED) is 0.537. The maximum atomic E-state index is 11.7. The number of Topliss-reactive ketones (excluding diaryl/α,β-unsaturated/α-hetero) is 1. The van der Waals surface area contributed by atoms with Crippen molar-refractivity contribution in [2.24, 2.45) is 11.3 Å². The minimum absolute atomic E-state index is 0.335. The van der Waals surface area contributed by atoms with Gasteiger partial charge < -0.3 is 0 Å². The van der Waals surface area contributed by atoms with Gasteiger partial charge in [0.25, 0.3) is 0 Å². The zero-order valence-corrected chi connectivity index (χ0v) is 10.1. The van der Waals surface area contributed by atoms with Crippen LogP contribution in [0.5, 0.6) is 0 Å². The molecule has 1 aliphatic carbocycles. The first kappa shape index (κ1) is 11.5. The van der Waals surface area contributed by atoms with Gasteiger partial charge in [0.05, 0.1) is 0 Å². The minimum atomic E-state index is 0.335. The molecule has 1 fully saturated rings. The van der Waals surface area contributed by atoms with Gasteiger partial charge in [-0.3, -0.25) is 4.79 Å². The van der Waals surface area contributed by atoms with E-state index >= 15 is 0 Å². The highest BCUT2D eigenvalue weighted by Crippen LogP contribution is 2.39. The van der Waals surface area contributed by atoms with E-state index in [-0.39, 0.29) is 0 Å². The number of ketones is 1. The fourth-order valence-electron chi connectivity index (χ4n) is 2.14. The van der Waals surface area contributed by atoms with Crippen LogP contribution in [0.4, 0.5) is 0 Å². The molecule has 1 heteroatoms. The third-order valence-corrected chi connectivity index (χ3v) is 3.34. The Morgan fingerprint density at radius 3 is 2.29 bits per heavy atom. The SMILES string of the molecule is CC(C)=C1CC(C(C)(C)C)CCC1=O. The predicted molar refractivity (Wildman–Crippen MR) is 60.2 cm³/mol. The summed E-state index contributed by atoms with van der Waals surface area (Å²) in [6.45, 7) is 10.9. The summed E-state index contributed by atoms with van der Waals surface area (Å²) >= 11 is 0. The van der Waals surface area contributed by atoms with E-state index in [0.717, 1.165) is 24.8 Å². The van der Waals surface area contributed by atoms with Gasteiger partial charge in [-0.25, -0.2) is 0 Å². The summed E-state index contributed by atoms with van der Waals surface area (Å²) in [5, 5.41) is 0. The van der Waals surface area contributed by atoms with Crippen molar-refractivity contribution in [3.8, 4) is 0 Å². The molecule has 0 aromatic heterocycles. The molecule has 0 radical (unpaired) electrons. The highest BCUT2D eigenvalue weighted by molar-refractivity contribution is 5.96. The molecule has 0 aromatic rings. The van der Waals surface area contributed by atoms with Crippen LogP contribution < -0.4 is 0 Å². The molecule has 0 N–H and O–H groups in total. The molecule has 1 nitrogen and oxygen atoms in total. The molecule has 0 heterocycles. The highest BCUT2D eigenvalue weighted by Gasteiger charge is 2.31. The monoisotopic (exact) mass is 194 g/mol. The molecule has 1 aliphatic rings. The van der Waals surface area contributed by atoms with Crippen LogP contribution in [0.25, 0.3) is 0 Å². The van der Waals surface area contributed by atoms with Gasteiger partial charge in [0, 0.05) is 6.42 Å². The Hall–Kier alpha value is -0.590. The summed E-state index contributed by atoms with van der Waals surface area (Å²) in [6, 6.07) is 0. The summed E-state index contributed by atoms with van der Waals surface area (Å²) in [7, 11) is 0. The Kier molecular flexibility index (Phi) is 3.18. The van der Waals surface area contributed by atoms with Crippen molar-refractivity contribution < 1.29 is 4.79 Å². The predicted octanol–water partition coefficient (Wildman–Crippen LogP) is 3.74. The molecule has 0 bridgehead atoms. The second-order valence-corrected chi connectivity index (χ2v) is 5.71. The highest BCUT2D eigenvalue weighted by atomic mass is 16.1. The van der Waals surface area contributed by atoms with E-state index in [1.54, 1.807) is 0 Å². The van der Waals surface area contributed by atoms with Crippen molar-refractivity contribution >= 4 is 5.78 Å². The summed E-state index contributed by atoms with van der Waals surface area (Å²) in [5.41, 5.74) is 2.64. The van der Waals surface area contributed by atoms with Crippen molar-refractivity contribution in [1.82, 2.24) is 0 Å². The normalized spacial score (nSPS) is 23.9. The van der Waals surface area contributed by atoms with Gasteiger partial charge in [0.1, 0.15) is 0 Å². The number of hydrogen-bond acceptors (Lipinski definition) is 1. The van der Waals surface area contributed by atoms with Crippen LogP contribution in [0, 0.1) is 11.3 Å². The molecule has 0 saturated heterocycles. The first-order valence-corrected chi connectivity index (χ1v) is 5.52. The lowest BCUT2D eigenvalue weighted by Crippen LogP contribution is -2.27. The van der Waals surface area contributed by atoms with Gasteiger partial charge in [-0.15, -0.1) is 0 Å². The van der Waals surface area contributed by atoms with E-state index in [4.69, 9.17) is 0 Å². The standard InChI is InChI=1S/C13H22O/c1-9(2)11-8-10(13(3,4)5)6-7-12(11)14/h10H,6-8H2,1-5H3. The van der Waals surface area contributed by atoms with Crippen LogP contribution in [0.2, 0.25) is 0 Å². The largest absolute Gasteiger partial charge is 0.295 e. The van der Waals surface area contributed by atoms with Crippen molar-refractivity contribution in [2.45, 2.75) is 53.9 Å². The first-order valence-electron chi connectivity index (χ1n) is 5.52. The number of rotatable bonds is 0. The average molecular weight is 194 g/mol. The Labute approximate surface area is 87.6 Å². The summed E-state index contributed by atoms with van der Waals surface area (Å²) in [5.74, 6) is 1.05. The second-order valence-electron chi connectivity index (χ2n) is 5.71. The molecular weight excluding hydrogens is 172 g/mol. The van der Waals surface area contributed by atoms with Crippen molar-refractivity contribution in [2.75, 3.05) is 0 Å². The van der Waals surface area contributed by atoms with Crippen LogP contribution >= 0.6 is 0 Å². The van der Waals surface area contributed by atoms with Gasteiger partial charge in [-0.1, -0.05) is 26.3 Å². The van der Waals surface area contributed by atoms with Crippen molar-refractivity contribution in [3.05, 3.63) is 11.1 Å². The van der Waals surface area contributed by atoms with Crippen LogP contribution in [-0.2, 0) is 4.79 Å². The molecule has 1 rings (SSSR count). The molecule has 0 amide bonds. The van der Waals surface area contributed by atoms with Crippen LogP contribution in [0.3, 0.4) is 0 Å². The molecule has 0 spiro atoms. The topological polar surface area (TPSA) is 17.1 Å². The Morgan fingerprint density at radius 1 is 1.29 bits per heavy atom. The lowest BCUT2D eigenvalue weighted by Gasteiger charge is -2.34. The molecule has 1 unspecified atom stereocenters. The van der Waals surface area contributed by atoms with Crippen molar-refractivity contribution in [1.29, 1.82) is 0 Å². The van der Waals surface area contributed by atoms with Gasteiger partial charge in [-0.05, 0) is 43.6 Å². The van der Waals surface area contributed by atoms with Crippen molar-refractivity contribution in [3.63, 3.8) is 0 Å². The lowest BCUT2D eigenvalue weighted by atomic mass is 9.70. The first-order chi connectivity index (χ1) is 6.32.